The van der Waals surface area contributed by atoms with Crippen molar-refractivity contribution in [2.24, 2.45) is 0 Å². The van der Waals surface area contributed by atoms with Gasteiger partial charge >= 0.3 is 0 Å². The first-order valence-corrected chi connectivity index (χ1v) is 6.16. The van der Waals surface area contributed by atoms with Gasteiger partial charge in [0.25, 0.3) is 5.91 Å². The Balaban J connectivity index is 2.73. The number of carbonyl (C=O) groups excluding carboxylic acids is 1. The van der Waals surface area contributed by atoms with Gasteiger partial charge in [-0.15, -0.1) is 6.58 Å². The van der Waals surface area contributed by atoms with Gasteiger partial charge in [0.05, 0.1) is 0 Å². The molecule has 0 saturated heterocycles. The molecule has 0 saturated carbocycles. The molecule has 0 fully saturated rings. The summed E-state index contributed by atoms with van der Waals surface area (Å²) in [6, 6.07) is 1.67. The average molecular weight is 248 g/mol. The first kappa shape index (κ1) is 14.2. The maximum atomic E-state index is 11.8. The second kappa shape index (κ2) is 7.42. The van der Waals surface area contributed by atoms with Crippen LogP contribution in [-0.2, 0) is 0 Å². The van der Waals surface area contributed by atoms with Crippen LogP contribution in [-0.4, -0.2) is 29.0 Å². The Bertz CT molecular complexity index is 417. The molecule has 1 amide bonds. The highest BCUT2D eigenvalue weighted by atomic mass is 16.1. The Morgan fingerprint density at radius 2 is 2.28 bits per heavy atom. The summed E-state index contributed by atoms with van der Waals surface area (Å²) in [7, 11) is 0. The minimum atomic E-state index is -0.209. The van der Waals surface area contributed by atoms with E-state index in [2.05, 4.69) is 34.1 Å². The smallest absolute Gasteiger partial charge is 0.270 e. The van der Waals surface area contributed by atoms with Crippen molar-refractivity contribution in [3.63, 3.8) is 0 Å². The summed E-state index contributed by atoms with van der Waals surface area (Å²) in [6.07, 6.45) is 3.78. The van der Waals surface area contributed by atoms with E-state index in [4.69, 9.17) is 0 Å². The van der Waals surface area contributed by atoms with Crippen LogP contribution in [0, 0.1) is 6.92 Å². The average Bonchev–Trinajstić information content (AvgIpc) is 2.35. The third-order valence-corrected chi connectivity index (χ3v) is 2.31. The molecule has 98 valence electrons. The summed E-state index contributed by atoms with van der Waals surface area (Å²) in [5.41, 5.74) is 1.15. The fourth-order valence-corrected chi connectivity index (χ4v) is 1.40. The highest BCUT2D eigenvalue weighted by Gasteiger charge is 2.09. The lowest BCUT2D eigenvalue weighted by atomic mass is 10.3. The van der Waals surface area contributed by atoms with Gasteiger partial charge in [0.2, 0.25) is 5.95 Å². The minimum absolute atomic E-state index is 0.209. The number of rotatable bonds is 7. The van der Waals surface area contributed by atoms with Crippen molar-refractivity contribution in [2.75, 3.05) is 18.4 Å². The van der Waals surface area contributed by atoms with Gasteiger partial charge in [0.1, 0.15) is 5.69 Å². The first-order valence-electron chi connectivity index (χ1n) is 6.16. The molecule has 1 rings (SSSR count). The number of aromatic nitrogens is 2. The predicted molar refractivity (Wildman–Crippen MR) is 72.7 cm³/mol. The van der Waals surface area contributed by atoms with Gasteiger partial charge in [0.15, 0.2) is 0 Å². The Morgan fingerprint density at radius 3 is 2.94 bits per heavy atom. The van der Waals surface area contributed by atoms with E-state index < -0.39 is 0 Å². The number of aryl methyl sites for hydroxylation is 1. The Morgan fingerprint density at radius 1 is 1.50 bits per heavy atom. The van der Waals surface area contributed by atoms with Crippen LogP contribution in [0.4, 0.5) is 5.95 Å². The molecule has 0 aliphatic carbocycles. The zero-order chi connectivity index (χ0) is 13.4. The van der Waals surface area contributed by atoms with E-state index in [0.717, 1.165) is 25.1 Å². The quantitative estimate of drug-likeness (QED) is 0.571. The molecule has 0 aliphatic rings. The van der Waals surface area contributed by atoms with Crippen molar-refractivity contribution in [1.82, 2.24) is 15.3 Å². The highest BCUT2D eigenvalue weighted by Crippen LogP contribution is 2.05. The molecule has 1 heterocycles. The lowest BCUT2D eigenvalue weighted by Crippen LogP contribution is -2.25. The van der Waals surface area contributed by atoms with Gasteiger partial charge in [0, 0.05) is 18.8 Å². The first-order chi connectivity index (χ1) is 8.67. The Kier molecular flexibility index (Phi) is 5.84. The van der Waals surface area contributed by atoms with Gasteiger partial charge in [-0.3, -0.25) is 4.79 Å². The molecule has 2 N–H and O–H groups in total. The van der Waals surface area contributed by atoms with E-state index >= 15 is 0 Å². The van der Waals surface area contributed by atoms with Crippen LogP contribution in [0.1, 0.15) is 35.9 Å². The van der Waals surface area contributed by atoms with Crippen molar-refractivity contribution < 1.29 is 4.79 Å². The number of nitrogens with zero attached hydrogens (tertiary/aromatic N) is 2. The molecule has 0 aliphatic heterocycles. The normalized spacial score (nSPS) is 9.89. The highest BCUT2D eigenvalue weighted by molar-refractivity contribution is 5.92. The van der Waals surface area contributed by atoms with Crippen molar-refractivity contribution in [3.05, 3.63) is 30.1 Å². The van der Waals surface area contributed by atoms with E-state index in [-0.39, 0.29) is 5.91 Å². The van der Waals surface area contributed by atoms with Gasteiger partial charge in [-0.1, -0.05) is 19.4 Å². The van der Waals surface area contributed by atoms with Crippen molar-refractivity contribution in [2.45, 2.75) is 26.7 Å². The van der Waals surface area contributed by atoms with Crippen LogP contribution in [0.2, 0.25) is 0 Å². The van der Waals surface area contributed by atoms with Crippen molar-refractivity contribution in [1.29, 1.82) is 0 Å². The molecule has 0 atom stereocenters. The third kappa shape index (κ3) is 4.53. The summed E-state index contributed by atoms with van der Waals surface area (Å²) in [5.74, 6) is 0.297. The molecule has 0 bridgehead atoms. The van der Waals surface area contributed by atoms with Gasteiger partial charge in [-0.05, 0) is 19.4 Å². The van der Waals surface area contributed by atoms with E-state index in [9.17, 15) is 4.79 Å². The number of hydrogen-bond acceptors (Lipinski definition) is 4. The van der Waals surface area contributed by atoms with E-state index in [1.807, 2.05) is 6.92 Å². The van der Waals surface area contributed by atoms with Gasteiger partial charge in [-0.2, -0.15) is 0 Å². The van der Waals surface area contributed by atoms with Crippen LogP contribution in [0.15, 0.2) is 18.7 Å². The molecule has 0 spiro atoms. The maximum Gasteiger partial charge on any atom is 0.270 e. The zero-order valence-corrected chi connectivity index (χ0v) is 11.0. The third-order valence-electron chi connectivity index (χ3n) is 2.31. The zero-order valence-electron chi connectivity index (χ0n) is 11.0. The van der Waals surface area contributed by atoms with E-state index in [1.165, 1.54) is 0 Å². The SMILES string of the molecule is C=CCNC(=O)c1cc(C)nc(NCCCC)n1. The molecule has 0 aromatic carbocycles. The summed E-state index contributed by atoms with van der Waals surface area (Å²) in [5, 5.41) is 5.81. The number of carbonyl (C=O) groups is 1. The monoisotopic (exact) mass is 248 g/mol. The number of hydrogen-bond donors (Lipinski definition) is 2. The molecule has 5 nitrogen and oxygen atoms in total. The standard InChI is InChI=1S/C13H20N4O/c1-4-6-8-15-13-16-10(3)9-11(17-13)12(18)14-7-5-2/h5,9H,2,4,6-8H2,1,3H3,(H,14,18)(H,15,16,17). The molecule has 1 aromatic heterocycles. The number of nitrogens with one attached hydrogen (secondary N) is 2. The van der Waals surface area contributed by atoms with Crippen molar-refractivity contribution >= 4 is 11.9 Å². The largest absolute Gasteiger partial charge is 0.354 e. The number of unbranched alkanes of at least 4 members (excludes halogenated alkanes) is 1. The fourth-order valence-electron chi connectivity index (χ4n) is 1.40. The lowest BCUT2D eigenvalue weighted by Gasteiger charge is -2.07. The van der Waals surface area contributed by atoms with E-state index in [1.54, 1.807) is 12.1 Å². The van der Waals surface area contributed by atoms with Crippen LogP contribution >= 0.6 is 0 Å². The minimum Gasteiger partial charge on any atom is -0.354 e. The van der Waals surface area contributed by atoms with Crippen LogP contribution in [0.25, 0.3) is 0 Å². The molecular weight excluding hydrogens is 228 g/mol. The van der Waals surface area contributed by atoms with E-state index in [0.29, 0.717) is 18.2 Å². The van der Waals surface area contributed by atoms with Crippen LogP contribution < -0.4 is 10.6 Å². The Labute approximate surface area is 108 Å². The van der Waals surface area contributed by atoms with Crippen LogP contribution in [0.5, 0.6) is 0 Å². The lowest BCUT2D eigenvalue weighted by molar-refractivity contribution is 0.0953. The van der Waals surface area contributed by atoms with Gasteiger partial charge < -0.3 is 10.6 Å². The second-order valence-electron chi connectivity index (χ2n) is 4.00. The molecule has 0 unspecified atom stereocenters. The second-order valence-corrected chi connectivity index (χ2v) is 4.00. The summed E-state index contributed by atoms with van der Waals surface area (Å²) < 4.78 is 0. The fraction of sp³-hybridized carbons (Fsp3) is 0.462. The maximum absolute atomic E-state index is 11.8. The van der Waals surface area contributed by atoms with Crippen molar-refractivity contribution in [3.8, 4) is 0 Å². The summed E-state index contributed by atoms with van der Waals surface area (Å²) in [4.78, 5) is 20.2. The molecular formula is C13H20N4O. The number of anilines is 1. The molecule has 0 radical (unpaired) electrons. The molecule has 1 aromatic rings. The summed E-state index contributed by atoms with van der Waals surface area (Å²) in [6.45, 7) is 8.76. The van der Waals surface area contributed by atoms with Crippen LogP contribution in [0.3, 0.4) is 0 Å². The predicted octanol–water partition coefficient (Wildman–Crippen LogP) is 1.91. The Hall–Kier alpha value is -1.91. The van der Waals surface area contributed by atoms with Gasteiger partial charge in [-0.25, -0.2) is 9.97 Å². The number of amides is 1. The summed E-state index contributed by atoms with van der Waals surface area (Å²) >= 11 is 0. The topological polar surface area (TPSA) is 66.9 Å². The molecule has 5 heteroatoms. The molecule has 18 heavy (non-hydrogen) atoms.